The van der Waals surface area contributed by atoms with Crippen molar-refractivity contribution >= 4 is 17.3 Å². The second-order valence-electron chi connectivity index (χ2n) is 4.39. The quantitative estimate of drug-likeness (QED) is 0.844. The fourth-order valence-electron chi connectivity index (χ4n) is 1.79. The van der Waals surface area contributed by atoms with E-state index in [9.17, 15) is 0 Å². The molecule has 2 N–H and O–H groups in total. The van der Waals surface area contributed by atoms with Gasteiger partial charge in [-0.15, -0.1) is 0 Å². The van der Waals surface area contributed by atoms with Gasteiger partial charge in [0.2, 0.25) is 0 Å². The normalized spacial score (nSPS) is 10.4. The number of hydrogen-bond donors (Lipinski definition) is 1. The summed E-state index contributed by atoms with van der Waals surface area (Å²) < 4.78 is 5.78. The van der Waals surface area contributed by atoms with Crippen molar-refractivity contribution in [1.82, 2.24) is 0 Å². The fraction of sp³-hybridized carbons (Fsp3) is 0.200. The molecular formula is C15H16ClNO. The van der Waals surface area contributed by atoms with Crippen molar-refractivity contribution in [3.8, 4) is 5.75 Å². The molecule has 2 rings (SSSR count). The van der Waals surface area contributed by atoms with Gasteiger partial charge in [0.05, 0.1) is 0 Å². The number of halogens is 1. The Morgan fingerprint density at radius 3 is 2.61 bits per heavy atom. The number of rotatable bonds is 3. The molecule has 0 spiro atoms. The molecule has 0 aromatic heterocycles. The molecule has 0 unspecified atom stereocenters. The maximum absolute atomic E-state index is 5.93. The number of nitrogens with two attached hydrogens (primary N) is 1. The highest BCUT2D eigenvalue weighted by Crippen LogP contribution is 2.25. The first kappa shape index (κ1) is 12.8. The second kappa shape index (κ2) is 5.32. The van der Waals surface area contributed by atoms with Crippen LogP contribution in [0.5, 0.6) is 5.75 Å². The summed E-state index contributed by atoms with van der Waals surface area (Å²) in [6.07, 6.45) is 0. The Morgan fingerprint density at radius 1 is 1.11 bits per heavy atom. The van der Waals surface area contributed by atoms with Crippen molar-refractivity contribution in [2.45, 2.75) is 20.5 Å². The Labute approximate surface area is 112 Å². The van der Waals surface area contributed by atoms with E-state index in [1.54, 1.807) is 0 Å². The van der Waals surface area contributed by atoms with E-state index in [1.165, 1.54) is 0 Å². The average molecular weight is 262 g/mol. The van der Waals surface area contributed by atoms with E-state index < -0.39 is 0 Å². The minimum absolute atomic E-state index is 0.490. The summed E-state index contributed by atoms with van der Waals surface area (Å²) in [5.74, 6) is 0.818. The van der Waals surface area contributed by atoms with Crippen LogP contribution < -0.4 is 10.5 Å². The SMILES string of the molecule is Cc1cc(C)c(OCc2cccc(Cl)c2)cc1N. The first-order valence-electron chi connectivity index (χ1n) is 5.80. The van der Waals surface area contributed by atoms with E-state index in [1.807, 2.05) is 50.2 Å². The second-order valence-corrected chi connectivity index (χ2v) is 4.83. The molecule has 18 heavy (non-hydrogen) atoms. The van der Waals surface area contributed by atoms with Crippen LogP contribution in [0.1, 0.15) is 16.7 Å². The number of nitrogen functional groups attached to an aromatic ring is 1. The summed E-state index contributed by atoms with van der Waals surface area (Å²) in [5, 5.41) is 0.719. The summed E-state index contributed by atoms with van der Waals surface area (Å²) >= 11 is 5.93. The van der Waals surface area contributed by atoms with Crippen LogP contribution in [0.15, 0.2) is 36.4 Å². The third-order valence-electron chi connectivity index (χ3n) is 2.85. The highest BCUT2D eigenvalue weighted by Gasteiger charge is 2.04. The minimum Gasteiger partial charge on any atom is -0.489 e. The molecule has 0 fully saturated rings. The lowest BCUT2D eigenvalue weighted by molar-refractivity contribution is 0.304. The molecule has 2 aromatic carbocycles. The molecule has 3 heteroatoms. The Hall–Kier alpha value is -1.67. The third-order valence-corrected chi connectivity index (χ3v) is 3.08. The molecule has 0 radical (unpaired) electrons. The van der Waals surface area contributed by atoms with Gasteiger partial charge in [0.15, 0.2) is 0 Å². The number of anilines is 1. The van der Waals surface area contributed by atoms with Crippen molar-refractivity contribution < 1.29 is 4.74 Å². The molecule has 94 valence electrons. The number of benzene rings is 2. The van der Waals surface area contributed by atoms with Gasteiger partial charge in [-0.05, 0) is 42.7 Å². The zero-order chi connectivity index (χ0) is 13.1. The van der Waals surface area contributed by atoms with Crippen molar-refractivity contribution in [1.29, 1.82) is 0 Å². The van der Waals surface area contributed by atoms with Gasteiger partial charge in [-0.25, -0.2) is 0 Å². The summed E-state index contributed by atoms with van der Waals surface area (Å²) in [5.41, 5.74) is 9.83. The fourth-order valence-corrected chi connectivity index (χ4v) is 2.00. The minimum atomic E-state index is 0.490. The zero-order valence-electron chi connectivity index (χ0n) is 10.5. The Balaban J connectivity index is 2.13. The van der Waals surface area contributed by atoms with Gasteiger partial charge in [-0.1, -0.05) is 29.8 Å². The third kappa shape index (κ3) is 2.96. The van der Waals surface area contributed by atoms with E-state index >= 15 is 0 Å². The number of aryl methyl sites for hydroxylation is 2. The first-order valence-corrected chi connectivity index (χ1v) is 6.18. The molecule has 0 aliphatic heterocycles. The molecule has 0 aliphatic carbocycles. The molecule has 0 heterocycles. The van der Waals surface area contributed by atoms with Crippen LogP contribution in [0.3, 0.4) is 0 Å². The predicted molar refractivity (Wildman–Crippen MR) is 76.1 cm³/mol. The van der Waals surface area contributed by atoms with Crippen LogP contribution >= 0.6 is 11.6 Å². The highest BCUT2D eigenvalue weighted by atomic mass is 35.5. The molecule has 0 saturated carbocycles. The van der Waals surface area contributed by atoms with Gasteiger partial charge in [0.25, 0.3) is 0 Å². The monoisotopic (exact) mass is 261 g/mol. The highest BCUT2D eigenvalue weighted by molar-refractivity contribution is 6.30. The predicted octanol–water partition coefficient (Wildman–Crippen LogP) is 4.12. The van der Waals surface area contributed by atoms with Gasteiger partial charge in [-0.3, -0.25) is 0 Å². The number of hydrogen-bond acceptors (Lipinski definition) is 2. The van der Waals surface area contributed by atoms with Crippen LogP contribution in [0.2, 0.25) is 5.02 Å². The topological polar surface area (TPSA) is 35.2 Å². The van der Waals surface area contributed by atoms with Crippen molar-refractivity contribution in [2.24, 2.45) is 0 Å². The molecule has 2 nitrogen and oxygen atoms in total. The van der Waals surface area contributed by atoms with Gasteiger partial charge < -0.3 is 10.5 Å². The molecule has 2 aromatic rings. The van der Waals surface area contributed by atoms with Crippen LogP contribution in [0, 0.1) is 13.8 Å². The molecule has 0 saturated heterocycles. The first-order chi connectivity index (χ1) is 8.56. The molecule has 0 amide bonds. The van der Waals surface area contributed by atoms with Crippen molar-refractivity contribution in [3.63, 3.8) is 0 Å². The lowest BCUT2D eigenvalue weighted by Gasteiger charge is -2.11. The Morgan fingerprint density at radius 2 is 1.89 bits per heavy atom. The van der Waals surface area contributed by atoms with Gasteiger partial charge in [0, 0.05) is 16.8 Å². The van der Waals surface area contributed by atoms with Crippen LogP contribution in [0.4, 0.5) is 5.69 Å². The average Bonchev–Trinajstić information content (AvgIpc) is 2.32. The van der Waals surface area contributed by atoms with E-state index in [0.29, 0.717) is 6.61 Å². The molecular weight excluding hydrogens is 246 g/mol. The number of ether oxygens (including phenoxy) is 1. The van der Waals surface area contributed by atoms with Crippen LogP contribution in [-0.2, 0) is 6.61 Å². The lowest BCUT2D eigenvalue weighted by Crippen LogP contribution is -1.99. The maximum atomic E-state index is 5.93. The smallest absolute Gasteiger partial charge is 0.124 e. The maximum Gasteiger partial charge on any atom is 0.124 e. The molecule has 0 atom stereocenters. The van der Waals surface area contributed by atoms with Crippen LogP contribution in [-0.4, -0.2) is 0 Å². The Kier molecular flexibility index (Phi) is 3.78. The largest absolute Gasteiger partial charge is 0.489 e. The summed E-state index contributed by atoms with van der Waals surface area (Å²) in [7, 11) is 0. The van der Waals surface area contributed by atoms with Crippen LogP contribution in [0.25, 0.3) is 0 Å². The van der Waals surface area contributed by atoms with Gasteiger partial charge in [-0.2, -0.15) is 0 Å². The van der Waals surface area contributed by atoms with Crippen molar-refractivity contribution in [3.05, 3.63) is 58.1 Å². The van der Waals surface area contributed by atoms with E-state index in [-0.39, 0.29) is 0 Å². The van der Waals surface area contributed by atoms with E-state index in [0.717, 1.165) is 33.1 Å². The molecule has 0 bridgehead atoms. The van der Waals surface area contributed by atoms with E-state index in [4.69, 9.17) is 22.1 Å². The van der Waals surface area contributed by atoms with E-state index in [2.05, 4.69) is 0 Å². The summed E-state index contributed by atoms with van der Waals surface area (Å²) in [6, 6.07) is 11.5. The molecule has 0 aliphatic rings. The summed E-state index contributed by atoms with van der Waals surface area (Å²) in [6.45, 7) is 4.49. The zero-order valence-corrected chi connectivity index (χ0v) is 11.3. The standard InChI is InChI=1S/C15H16ClNO/c1-10-6-11(2)15(8-14(10)17)18-9-12-4-3-5-13(16)7-12/h3-8H,9,17H2,1-2H3. The summed E-state index contributed by atoms with van der Waals surface area (Å²) in [4.78, 5) is 0. The van der Waals surface area contributed by atoms with Gasteiger partial charge >= 0.3 is 0 Å². The van der Waals surface area contributed by atoms with Gasteiger partial charge in [0.1, 0.15) is 12.4 Å². The Bertz CT molecular complexity index is 566. The lowest BCUT2D eigenvalue weighted by atomic mass is 10.1. The van der Waals surface area contributed by atoms with Crippen molar-refractivity contribution in [2.75, 3.05) is 5.73 Å².